The highest BCUT2D eigenvalue weighted by Gasteiger charge is 2.01. The van der Waals surface area contributed by atoms with Crippen molar-refractivity contribution in [2.45, 2.75) is 34.1 Å². The number of hydrogen-bond acceptors (Lipinski definition) is 4. The summed E-state index contributed by atoms with van der Waals surface area (Å²) in [5.74, 6) is 0.627. The summed E-state index contributed by atoms with van der Waals surface area (Å²) in [5, 5.41) is 3.87. The van der Waals surface area contributed by atoms with E-state index in [0.29, 0.717) is 18.9 Å². The highest BCUT2D eigenvalue weighted by atomic mass is 16.5. The summed E-state index contributed by atoms with van der Waals surface area (Å²) in [6.45, 7) is 8.55. The third-order valence-electron chi connectivity index (χ3n) is 2.70. The van der Waals surface area contributed by atoms with Crippen LogP contribution in [0.4, 0.5) is 0 Å². The Hall–Kier alpha value is -2.36. The Morgan fingerprint density at radius 2 is 2.09 bits per heavy atom. The second-order valence-electron chi connectivity index (χ2n) is 4.50. The van der Waals surface area contributed by atoms with Crippen molar-refractivity contribution in [3.8, 4) is 5.88 Å². The summed E-state index contributed by atoms with van der Waals surface area (Å²) in [4.78, 5) is 4.29. The molecule has 0 saturated heterocycles. The maximum absolute atomic E-state index is 5.61. The van der Waals surface area contributed by atoms with Crippen molar-refractivity contribution < 1.29 is 9.26 Å². The lowest BCUT2D eigenvalue weighted by Crippen LogP contribution is -2.00. The van der Waals surface area contributed by atoms with Crippen LogP contribution in [0.5, 0.6) is 5.88 Å². The van der Waals surface area contributed by atoms with Crippen LogP contribution in [0.2, 0.25) is 0 Å². The van der Waals surface area contributed by atoms with E-state index >= 15 is 0 Å². The molecule has 0 spiro atoms. The van der Waals surface area contributed by atoms with E-state index in [0.717, 1.165) is 16.8 Å². The molecule has 2 rings (SSSR count). The molecule has 0 radical (unpaired) electrons. The SMILES string of the molecule is C/C=C\C=C(/C)COc1ccc(Cc2ccon2)cn1.CC. The van der Waals surface area contributed by atoms with Gasteiger partial charge in [-0.3, -0.25) is 0 Å². The van der Waals surface area contributed by atoms with E-state index in [9.17, 15) is 0 Å². The van der Waals surface area contributed by atoms with Crippen LogP contribution in [0.25, 0.3) is 0 Å². The molecule has 0 aromatic carbocycles. The highest BCUT2D eigenvalue weighted by Crippen LogP contribution is 2.12. The molecule has 0 unspecified atom stereocenters. The van der Waals surface area contributed by atoms with Gasteiger partial charge in [-0.05, 0) is 25.0 Å². The Kier molecular flexibility index (Phi) is 8.35. The monoisotopic (exact) mass is 300 g/mol. The molecule has 2 heterocycles. The molecule has 0 fully saturated rings. The van der Waals surface area contributed by atoms with Crippen LogP contribution in [-0.2, 0) is 6.42 Å². The molecule has 0 bridgehead atoms. The zero-order valence-electron chi connectivity index (χ0n) is 13.7. The van der Waals surface area contributed by atoms with Crippen molar-refractivity contribution in [1.82, 2.24) is 10.1 Å². The maximum atomic E-state index is 5.61. The number of ether oxygens (including phenoxy) is 1. The Labute approximate surface area is 132 Å². The van der Waals surface area contributed by atoms with Crippen molar-refractivity contribution >= 4 is 0 Å². The Morgan fingerprint density at radius 3 is 2.68 bits per heavy atom. The van der Waals surface area contributed by atoms with E-state index in [-0.39, 0.29) is 0 Å². The molecule has 0 saturated carbocycles. The standard InChI is InChI=1S/C16H18N2O2.C2H6/c1-3-4-5-13(2)12-19-16-7-6-14(11-17-16)10-15-8-9-20-18-15;1-2/h3-9,11H,10,12H2,1-2H3;1-2H3/b4-3-,13-5+;. The number of hydrogen-bond donors (Lipinski definition) is 0. The molecule has 0 N–H and O–H groups in total. The predicted molar refractivity (Wildman–Crippen MR) is 89.0 cm³/mol. The summed E-state index contributed by atoms with van der Waals surface area (Å²) in [5.41, 5.74) is 3.12. The molecular formula is C18H24N2O2. The van der Waals surface area contributed by atoms with Crippen LogP contribution in [-0.4, -0.2) is 16.7 Å². The van der Waals surface area contributed by atoms with Gasteiger partial charge in [-0.25, -0.2) is 4.98 Å². The third kappa shape index (κ3) is 6.39. The van der Waals surface area contributed by atoms with E-state index in [4.69, 9.17) is 9.26 Å². The summed E-state index contributed by atoms with van der Waals surface area (Å²) in [7, 11) is 0. The van der Waals surface area contributed by atoms with Gasteiger partial charge in [0.15, 0.2) is 0 Å². The molecular weight excluding hydrogens is 276 g/mol. The quantitative estimate of drug-likeness (QED) is 0.732. The first kappa shape index (κ1) is 17.7. The van der Waals surface area contributed by atoms with Crippen molar-refractivity contribution in [3.63, 3.8) is 0 Å². The van der Waals surface area contributed by atoms with Crippen LogP contribution < -0.4 is 4.74 Å². The predicted octanol–water partition coefficient (Wildman–Crippen LogP) is 4.59. The average Bonchev–Trinajstić information content (AvgIpc) is 3.07. The molecule has 0 amide bonds. The van der Waals surface area contributed by atoms with E-state index in [2.05, 4.69) is 10.1 Å². The molecule has 4 heteroatoms. The largest absolute Gasteiger partial charge is 0.473 e. The van der Waals surface area contributed by atoms with Crippen LogP contribution in [0.15, 0.2) is 59.0 Å². The van der Waals surface area contributed by atoms with Crippen LogP contribution >= 0.6 is 0 Å². The number of pyridine rings is 1. The number of nitrogens with zero attached hydrogens (tertiary/aromatic N) is 2. The van der Waals surface area contributed by atoms with E-state index in [1.807, 2.05) is 64.1 Å². The Morgan fingerprint density at radius 1 is 1.27 bits per heavy atom. The Balaban J connectivity index is 0.00000116. The molecule has 0 aliphatic carbocycles. The normalized spacial score (nSPS) is 11.2. The first-order valence-electron chi connectivity index (χ1n) is 7.53. The molecule has 0 aliphatic heterocycles. The van der Waals surface area contributed by atoms with Gasteiger partial charge < -0.3 is 9.26 Å². The maximum Gasteiger partial charge on any atom is 0.213 e. The minimum absolute atomic E-state index is 0.542. The lowest BCUT2D eigenvalue weighted by molar-refractivity contribution is 0.338. The van der Waals surface area contributed by atoms with Crippen LogP contribution in [0.3, 0.4) is 0 Å². The van der Waals surface area contributed by atoms with Crippen molar-refractivity contribution in [2.24, 2.45) is 0 Å². The van der Waals surface area contributed by atoms with E-state index in [1.54, 1.807) is 12.5 Å². The minimum atomic E-state index is 0.542. The van der Waals surface area contributed by atoms with E-state index < -0.39 is 0 Å². The number of allylic oxidation sites excluding steroid dienone is 3. The van der Waals surface area contributed by atoms with Crippen molar-refractivity contribution in [3.05, 3.63) is 65.7 Å². The Bertz CT molecular complexity index is 570. The topological polar surface area (TPSA) is 48.2 Å². The zero-order chi connectivity index (χ0) is 16.2. The van der Waals surface area contributed by atoms with Gasteiger partial charge in [0.1, 0.15) is 12.9 Å². The average molecular weight is 300 g/mol. The van der Waals surface area contributed by atoms with Gasteiger partial charge in [-0.1, -0.05) is 43.3 Å². The fraction of sp³-hybridized carbons (Fsp3) is 0.333. The molecule has 4 nitrogen and oxygen atoms in total. The van der Waals surface area contributed by atoms with Crippen LogP contribution in [0.1, 0.15) is 39.0 Å². The minimum Gasteiger partial charge on any atom is -0.473 e. The van der Waals surface area contributed by atoms with Crippen molar-refractivity contribution in [1.29, 1.82) is 0 Å². The first-order valence-corrected chi connectivity index (χ1v) is 7.53. The zero-order valence-corrected chi connectivity index (χ0v) is 13.7. The lowest BCUT2D eigenvalue weighted by atomic mass is 10.2. The van der Waals surface area contributed by atoms with Crippen LogP contribution in [0, 0.1) is 0 Å². The van der Waals surface area contributed by atoms with E-state index in [1.165, 1.54) is 0 Å². The molecule has 0 atom stereocenters. The summed E-state index contributed by atoms with van der Waals surface area (Å²) >= 11 is 0. The lowest BCUT2D eigenvalue weighted by Gasteiger charge is -2.05. The summed E-state index contributed by atoms with van der Waals surface area (Å²) in [6, 6.07) is 5.71. The van der Waals surface area contributed by atoms with Gasteiger partial charge >= 0.3 is 0 Å². The molecule has 118 valence electrons. The number of rotatable bonds is 6. The number of aromatic nitrogens is 2. The fourth-order valence-corrected chi connectivity index (χ4v) is 1.64. The second kappa shape index (κ2) is 10.4. The molecule has 2 aromatic heterocycles. The second-order valence-corrected chi connectivity index (χ2v) is 4.50. The van der Waals surface area contributed by atoms with Gasteiger partial charge in [0, 0.05) is 24.8 Å². The van der Waals surface area contributed by atoms with Gasteiger partial charge in [0.25, 0.3) is 0 Å². The molecule has 2 aromatic rings. The summed E-state index contributed by atoms with van der Waals surface area (Å²) in [6.07, 6.45) is 10.1. The molecule has 22 heavy (non-hydrogen) atoms. The van der Waals surface area contributed by atoms with Gasteiger partial charge in [-0.2, -0.15) is 0 Å². The first-order chi connectivity index (χ1) is 10.8. The third-order valence-corrected chi connectivity index (χ3v) is 2.70. The van der Waals surface area contributed by atoms with Gasteiger partial charge in [0.05, 0.1) is 5.69 Å². The molecule has 0 aliphatic rings. The van der Waals surface area contributed by atoms with Gasteiger partial charge in [-0.15, -0.1) is 0 Å². The van der Waals surface area contributed by atoms with Crippen molar-refractivity contribution in [2.75, 3.05) is 6.61 Å². The smallest absolute Gasteiger partial charge is 0.213 e. The highest BCUT2D eigenvalue weighted by molar-refractivity contribution is 5.22. The van der Waals surface area contributed by atoms with Gasteiger partial charge in [0.2, 0.25) is 5.88 Å². The fourth-order valence-electron chi connectivity index (χ4n) is 1.64. The summed E-state index contributed by atoms with van der Waals surface area (Å²) < 4.78 is 10.4.